The number of aliphatic imine (C=N–C) groups is 1. The fraction of sp³-hybridized carbons (Fsp3) is 0.115. The Morgan fingerprint density at radius 3 is 2.24 bits per heavy atom. The lowest BCUT2D eigenvalue weighted by Gasteiger charge is -2.07. The van der Waals surface area contributed by atoms with Crippen molar-refractivity contribution >= 4 is 34.6 Å². The number of carbonyl (C=O) groups is 1. The molecule has 0 spiro atoms. The van der Waals surface area contributed by atoms with Gasteiger partial charge in [-0.3, -0.25) is 4.57 Å². The van der Waals surface area contributed by atoms with Gasteiger partial charge in [0.15, 0.2) is 15.5 Å². The minimum absolute atomic E-state index is 0.262. The number of ether oxygens (including phenoxy) is 1. The molecule has 0 saturated heterocycles. The fourth-order valence-corrected chi connectivity index (χ4v) is 4.16. The Bertz CT molecular complexity index is 1340. The molecule has 1 aromatic heterocycles. The number of nitrogens with zero attached hydrogens (tertiary/aromatic N) is 3. The average Bonchev–Trinajstić information content (AvgIpc) is 3.16. The third kappa shape index (κ3) is 5.10. The smallest absolute Gasteiger partial charge is 0.352 e. The van der Waals surface area contributed by atoms with Crippen LogP contribution in [0.15, 0.2) is 94.9 Å². The minimum Gasteiger partial charge on any atom is -0.462 e. The average molecular weight is 457 g/mol. The van der Waals surface area contributed by atoms with Gasteiger partial charge in [-0.1, -0.05) is 77.6 Å². The first-order valence-corrected chi connectivity index (χ1v) is 11.4. The number of nitrogens with two attached hydrogens (primary N) is 1. The predicted molar refractivity (Wildman–Crippen MR) is 133 cm³/mol. The largest absolute Gasteiger partial charge is 0.462 e. The van der Waals surface area contributed by atoms with Gasteiger partial charge in [0.25, 0.3) is 0 Å². The van der Waals surface area contributed by atoms with Gasteiger partial charge < -0.3 is 10.5 Å². The van der Waals surface area contributed by atoms with Crippen molar-refractivity contribution in [1.82, 2.24) is 4.57 Å². The first-order valence-electron chi connectivity index (χ1n) is 10.6. The van der Waals surface area contributed by atoms with Crippen LogP contribution in [0.3, 0.4) is 0 Å². The molecule has 4 aromatic rings. The second kappa shape index (κ2) is 10.1. The normalized spacial score (nSPS) is 12.1. The van der Waals surface area contributed by atoms with Gasteiger partial charge in [0.05, 0.1) is 12.3 Å². The summed E-state index contributed by atoms with van der Waals surface area (Å²) in [4.78, 5) is 23.1. The summed E-state index contributed by atoms with van der Waals surface area (Å²) in [6.07, 6.45) is 0. The van der Waals surface area contributed by atoms with Crippen LogP contribution in [0, 0.1) is 6.92 Å². The van der Waals surface area contributed by atoms with Crippen molar-refractivity contribution < 1.29 is 9.53 Å². The van der Waals surface area contributed by atoms with Gasteiger partial charge in [0.1, 0.15) is 5.82 Å². The van der Waals surface area contributed by atoms with Crippen LogP contribution in [0.5, 0.6) is 0 Å². The van der Waals surface area contributed by atoms with E-state index in [1.54, 1.807) is 11.5 Å². The van der Waals surface area contributed by atoms with Crippen LogP contribution in [-0.2, 0) is 4.74 Å². The lowest BCUT2D eigenvalue weighted by molar-refractivity contribution is 0.0533. The summed E-state index contributed by atoms with van der Waals surface area (Å²) in [6.45, 7) is 4.06. The number of nitrogen functional groups attached to an aromatic ring is 1. The van der Waals surface area contributed by atoms with E-state index in [1.807, 2.05) is 91.9 Å². The van der Waals surface area contributed by atoms with Gasteiger partial charge in [-0.15, -0.1) is 0 Å². The molecule has 2 N–H and O–H groups in total. The van der Waals surface area contributed by atoms with Crippen LogP contribution in [0.1, 0.15) is 27.7 Å². The summed E-state index contributed by atoms with van der Waals surface area (Å²) in [5.74, 6) is 0.330. The number of anilines is 1. The molecule has 0 unspecified atom stereocenters. The van der Waals surface area contributed by atoms with Crippen molar-refractivity contribution in [2.24, 2.45) is 9.98 Å². The van der Waals surface area contributed by atoms with E-state index in [-0.39, 0.29) is 12.4 Å². The number of amidine groups is 1. The highest BCUT2D eigenvalue weighted by Crippen LogP contribution is 2.22. The van der Waals surface area contributed by atoms with Gasteiger partial charge in [-0.25, -0.2) is 14.8 Å². The Morgan fingerprint density at radius 2 is 1.61 bits per heavy atom. The maximum Gasteiger partial charge on any atom is 0.352 e. The maximum absolute atomic E-state index is 12.6. The van der Waals surface area contributed by atoms with Crippen LogP contribution in [0.4, 0.5) is 11.5 Å². The maximum atomic E-state index is 12.6. The van der Waals surface area contributed by atoms with E-state index in [1.165, 1.54) is 11.3 Å². The van der Waals surface area contributed by atoms with Crippen LogP contribution in [-0.4, -0.2) is 23.0 Å². The lowest BCUT2D eigenvalue weighted by Crippen LogP contribution is -2.17. The molecule has 7 heteroatoms. The first kappa shape index (κ1) is 22.2. The summed E-state index contributed by atoms with van der Waals surface area (Å²) in [6, 6.07) is 27.2. The first-order chi connectivity index (χ1) is 16.1. The number of aryl methyl sites for hydroxylation is 1. The highest BCUT2D eigenvalue weighted by Gasteiger charge is 2.20. The second-order valence-electron chi connectivity index (χ2n) is 7.24. The quantitative estimate of drug-likeness (QED) is 0.252. The molecule has 0 atom stereocenters. The van der Waals surface area contributed by atoms with Gasteiger partial charge in [-0.05, 0) is 38.1 Å². The molecule has 0 bridgehead atoms. The molecule has 33 heavy (non-hydrogen) atoms. The summed E-state index contributed by atoms with van der Waals surface area (Å²) in [5, 5.41) is 0. The topological polar surface area (TPSA) is 82.0 Å². The summed E-state index contributed by atoms with van der Waals surface area (Å²) in [7, 11) is 0. The van der Waals surface area contributed by atoms with Gasteiger partial charge >= 0.3 is 5.97 Å². The molecule has 0 aliphatic heterocycles. The zero-order chi connectivity index (χ0) is 23.2. The van der Waals surface area contributed by atoms with Crippen LogP contribution >= 0.6 is 11.3 Å². The van der Waals surface area contributed by atoms with Gasteiger partial charge in [-0.2, -0.15) is 0 Å². The zero-order valence-electron chi connectivity index (χ0n) is 18.4. The molecule has 0 saturated carbocycles. The number of para-hydroxylation sites is 2. The van der Waals surface area contributed by atoms with E-state index in [9.17, 15) is 4.79 Å². The predicted octanol–water partition coefficient (Wildman–Crippen LogP) is 5.29. The standard InChI is InChI=1S/C26H24N4O2S/c1-3-32-25(31)22-23(27)30(21-12-8-5-9-13-21)26(33-22)29-24(19-16-14-18(2)15-17-19)28-20-10-6-4-7-11-20/h4-17H,3,27H2,1-2H3. The van der Waals surface area contributed by atoms with E-state index in [4.69, 9.17) is 20.5 Å². The number of esters is 1. The summed E-state index contributed by atoms with van der Waals surface area (Å²) >= 11 is 1.18. The highest BCUT2D eigenvalue weighted by atomic mass is 32.1. The van der Waals surface area contributed by atoms with E-state index in [2.05, 4.69) is 0 Å². The Labute approximate surface area is 196 Å². The number of carbonyl (C=O) groups excluding carboxylic acids is 1. The molecule has 0 fully saturated rings. The van der Waals surface area contributed by atoms with Crippen LogP contribution < -0.4 is 10.5 Å². The SMILES string of the molecule is CCOC(=O)c1sc(=NC(=Nc2ccccc2)c2ccc(C)cc2)n(-c2ccccc2)c1N. The molecule has 1 heterocycles. The second-order valence-corrected chi connectivity index (χ2v) is 8.22. The van der Waals surface area contributed by atoms with E-state index in [0.29, 0.717) is 15.5 Å². The number of benzene rings is 3. The molecular weight excluding hydrogens is 432 g/mol. The van der Waals surface area contributed by atoms with Crippen LogP contribution in [0.2, 0.25) is 0 Å². The molecular formula is C26H24N4O2S. The van der Waals surface area contributed by atoms with E-state index in [0.717, 1.165) is 22.5 Å². The third-order valence-electron chi connectivity index (χ3n) is 4.84. The molecule has 4 rings (SSSR count). The summed E-state index contributed by atoms with van der Waals surface area (Å²) in [5.41, 5.74) is 9.99. The van der Waals surface area contributed by atoms with Crippen LogP contribution in [0.25, 0.3) is 5.69 Å². The van der Waals surface area contributed by atoms with E-state index < -0.39 is 5.97 Å². The van der Waals surface area contributed by atoms with Crippen molar-refractivity contribution in [2.75, 3.05) is 12.3 Å². The van der Waals surface area contributed by atoms with Crippen molar-refractivity contribution in [1.29, 1.82) is 0 Å². The molecule has 3 aromatic carbocycles. The summed E-state index contributed by atoms with van der Waals surface area (Å²) < 4.78 is 6.97. The molecule has 0 radical (unpaired) electrons. The number of aromatic nitrogens is 1. The molecule has 0 aliphatic rings. The Balaban J connectivity index is 1.96. The van der Waals surface area contributed by atoms with Gasteiger partial charge in [0.2, 0.25) is 0 Å². The monoisotopic (exact) mass is 456 g/mol. The Hall–Kier alpha value is -3.97. The van der Waals surface area contributed by atoms with Crippen molar-refractivity contribution in [3.8, 4) is 5.69 Å². The third-order valence-corrected chi connectivity index (χ3v) is 5.87. The number of rotatable bonds is 5. The fourth-order valence-electron chi connectivity index (χ4n) is 3.21. The molecule has 0 amide bonds. The van der Waals surface area contributed by atoms with Gasteiger partial charge in [0, 0.05) is 11.3 Å². The van der Waals surface area contributed by atoms with Crippen molar-refractivity contribution in [3.05, 3.63) is 106 Å². The Kier molecular flexibility index (Phi) is 6.80. The zero-order valence-corrected chi connectivity index (χ0v) is 19.3. The molecule has 6 nitrogen and oxygen atoms in total. The molecule has 166 valence electrons. The minimum atomic E-state index is -0.469. The number of hydrogen-bond acceptors (Lipinski definition) is 5. The van der Waals surface area contributed by atoms with Crippen molar-refractivity contribution in [3.63, 3.8) is 0 Å². The highest BCUT2D eigenvalue weighted by molar-refractivity contribution is 7.11. The number of hydrogen-bond donors (Lipinski definition) is 1. The number of thiazole rings is 1. The van der Waals surface area contributed by atoms with E-state index >= 15 is 0 Å². The molecule has 0 aliphatic carbocycles. The Morgan fingerprint density at radius 1 is 0.970 bits per heavy atom. The lowest BCUT2D eigenvalue weighted by atomic mass is 10.1. The van der Waals surface area contributed by atoms with Crippen molar-refractivity contribution in [2.45, 2.75) is 13.8 Å².